The monoisotopic (exact) mass is 371 g/mol. The minimum atomic E-state index is -0.195. The molecule has 0 spiro atoms. The molecule has 0 saturated carbocycles. The van der Waals surface area contributed by atoms with Crippen LogP contribution >= 0.6 is 11.6 Å². The number of nitrogens with one attached hydrogen (secondary N) is 1. The van der Waals surface area contributed by atoms with E-state index in [1.165, 1.54) is 4.57 Å². The zero-order valence-corrected chi connectivity index (χ0v) is 15.0. The van der Waals surface area contributed by atoms with Gasteiger partial charge < -0.3 is 14.6 Å². The Morgan fingerprint density at radius 1 is 1.27 bits per heavy atom. The van der Waals surface area contributed by atoms with Gasteiger partial charge in [-0.05, 0) is 30.3 Å². The van der Waals surface area contributed by atoms with Crippen LogP contribution in [0.25, 0.3) is 11.0 Å². The first kappa shape index (κ1) is 16.7. The topological polar surface area (TPSA) is 67.3 Å². The maximum atomic E-state index is 12.8. The number of H-pyrrole nitrogens is 1. The van der Waals surface area contributed by atoms with Gasteiger partial charge in [0.2, 0.25) is 0 Å². The van der Waals surface area contributed by atoms with Crippen molar-refractivity contribution in [3.05, 3.63) is 63.5 Å². The molecule has 0 aliphatic carbocycles. The summed E-state index contributed by atoms with van der Waals surface area (Å²) in [6.07, 6.45) is 0.667. The molecule has 6 nitrogen and oxygen atoms in total. The van der Waals surface area contributed by atoms with Crippen molar-refractivity contribution < 1.29 is 9.53 Å². The molecule has 1 saturated heterocycles. The summed E-state index contributed by atoms with van der Waals surface area (Å²) in [5.41, 5.74) is 1.79. The van der Waals surface area contributed by atoms with Crippen LogP contribution in [-0.2, 0) is 7.05 Å². The van der Waals surface area contributed by atoms with E-state index in [0.717, 1.165) is 11.9 Å². The van der Waals surface area contributed by atoms with Gasteiger partial charge in [0.1, 0.15) is 11.9 Å². The average molecular weight is 372 g/mol. The quantitative estimate of drug-likeness (QED) is 0.769. The third kappa shape index (κ3) is 2.97. The fourth-order valence-corrected chi connectivity index (χ4v) is 3.46. The molecule has 1 fully saturated rings. The number of fused-ring (bicyclic) bond motifs is 1. The van der Waals surface area contributed by atoms with Crippen LogP contribution in [0.2, 0.25) is 5.02 Å². The predicted octanol–water partition coefficient (Wildman–Crippen LogP) is 2.81. The number of amides is 1. The Bertz CT molecular complexity index is 1040. The van der Waals surface area contributed by atoms with Gasteiger partial charge in [0.15, 0.2) is 0 Å². The van der Waals surface area contributed by atoms with Crippen molar-refractivity contribution >= 4 is 28.5 Å². The number of aromatic amines is 1. The van der Waals surface area contributed by atoms with Crippen LogP contribution in [0, 0.1) is 0 Å². The highest BCUT2D eigenvalue weighted by molar-refractivity contribution is 6.32. The van der Waals surface area contributed by atoms with Crippen molar-refractivity contribution in [1.29, 1.82) is 0 Å². The van der Waals surface area contributed by atoms with Gasteiger partial charge in [-0.15, -0.1) is 0 Å². The van der Waals surface area contributed by atoms with E-state index in [4.69, 9.17) is 16.3 Å². The number of imidazole rings is 1. The van der Waals surface area contributed by atoms with Gasteiger partial charge in [0.05, 0.1) is 22.6 Å². The number of hydrogen-bond donors (Lipinski definition) is 1. The highest BCUT2D eigenvalue weighted by Crippen LogP contribution is 2.27. The van der Waals surface area contributed by atoms with Crippen LogP contribution in [0.1, 0.15) is 16.8 Å². The number of ether oxygens (including phenoxy) is 1. The minimum Gasteiger partial charge on any atom is -0.487 e. The summed E-state index contributed by atoms with van der Waals surface area (Å²) in [6, 6.07) is 12.6. The molecule has 7 heteroatoms. The van der Waals surface area contributed by atoms with Crippen molar-refractivity contribution in [3.63, 3.8) is 0 Å². The lowest BCUT2D eigenvalue weighted by molar-refractivity contribution is 0.0772. The number of aromatic nitrogens is 2. The molecule has 0 bridgehead atoms. The number of nitrogens with zero attached hydrogens (tertiary/aromatic N) is 2. The third-order valence-electron chi connectivity index (χ3n) is 4.71. The van der Waals surface area contributed by atoms with Crippen LogP contribution in [0.3, 0.4) is 0 Å². The summed E-state index contributed by atoms with van der Waals surface area (Å²) < 4.78 is 7.46. The highest BCUT2D eigenvalue weighted by Gasteiger charge is 2.29. The first-order valence-electron chi connectivity index (χ1n) is 8.42. The van der Waals surface area contributed by atoms with Crippen LogP contribution in [-0.4, -0.2) is 39.6 Å². The van der Waals surface area contributed by atoms with Gasteiger partial charge in [0, 0.05) is 25.6 Å². The second kappa shape index (κ2) is 6.53. The van der Waals surface area contributed by atoms with Crippen LogP contribution in [0.15, 0.2) is 47.3 Å². The molecule has 0 radical (unpaired) electrons. The minimum absolute atomic E-state index is 0.0677. The number of para-hydroxylation sites is 1. The normalized spacial score (nSPS) is 17.0. The number of hydrogen-bond acceptors (Lipinski definition) is 3. The van der Waals surface area contributed by atoms with E-state index in [1.54, 1.807) is 36.2 Å². The molecule has 1 aromatic heterocycles. The predicted molar refractivity (Wildman–Crippen MR) is 99.9 cm³/mol. The van der Waals surface area contributed by atoms with E-state index in [1.807, 2.05) is 18.2 Å². The number of carbonyl (C=O) groups excluding carboxylic acids is 1. The van der Waals surface area contributed by atoms with Gasteiger partial charge in [-0.1, -0.05) is 23.7 Å². The van der Waals surface area contributed by atoms with Gasteiger partial charge in [-0.3, -0.25) is 9.36 Å². The average Bonchev–Trinajstić information content (AvgIpc) is 3.21. The largest absolute Gasteiger partial charge is 0.487 e. The van der Waals surface area contributed by atoms with Crippen molar-refractivity contribution in [2.75, 3.05) is 13.1 Å². The molecule has 1 aliphatic rings. The van der Waals surface area contributed by atoms with Crippen molar-refractivity contribution in [1.82, 2.24) is 14.5 Å². The summed E-state index contributed by atoms with van der Waals surface area (Å²) >= 11 is 6.13. The van der Waals surface area contributed by atoms with Gasteiger partial charge >= 0.3 is 5.69 Å². The second-order valence-corrected chi connectivity index (χ2v) is 6.84. The van der Waals surface area contributed by atoms with E-state index in [9.17, 15) is 9.59 Å². The van der Waals surface area contributed by atoms with Crippen LogP contribution < -0.4 is 10.4 Å². The van der Waals surface area contributed by atoms with Crippen molar-refractivity contribution in [2.24, 2.45) is 7.05 Å². The Balaban J connectivity index is 1.49. The number of aryl methyl sites for hydroxylation is 1. The Morgan fingerprint density at radius 2 is 2.08 bits per heavy atom. The summed E-state index contributed by atoms with van der Waals surface area (Å²) in [4.78, 5) is 29.0. The molecule has 1 N–H and O–H groups in total. The molecule has 1 aliphatic heterocycles. The van der Waals surface area contributed by atoms with E-state index in [0.29, 0.717) is 34.9 Å². The number of benzene rings is 2. The van der Waals surface area contributed by atoms with E-state index < -0.39 is 0 Å². The summed E-state index contributed by atoms with van der Waals surface area (Å²) in [7, 11) is 1.69. The fraction of sp³-hybridized carbons (Fsp3) is 0.263. The van der Waals surface area contributed by atoms with Crippen molar-refractivity contribution in [2.45, 2.75) is 12.5 Å². The van der Waals surface area contributed by atoms with Crippen LogP contribution in [0.5, 0.6) is 5.75 Å². The second-order valence-electron chi connectivity index (χ2n) is 6.43. The first-order chi connectivity index (χ1) is 12.5. The number of likely N-dealkylation sites (tertiary alicyclic amines) is 1. The van der Waals surface area contributed by atoms with E-state index >= 15 is 0 Å². The van der Waals surface area contributed by atoms with E-state index in [-0.39, 0.29) is 17.7 Å². The molecule has 1 unspecified atom stereocenters. The highest BCUT2D eigenvalue weighted by atomic mass is 35.5. The number of carbonyl (C=O) groups is 1. The SMILES string of the molecule is Cn1c(=O)[nH]c2cc(C(=O)N3CCC(Oc4ccccc4Cl)C3)ccc21. The standard InChI is InChI=1S/C19H18ClN3O3/c1-22-16-7-6-12(10-15(16)21-19(22)25)18(24)23-9-8-13(11-23)26-17-5-3-2-4-14(17)20/h2-7,10,13H,8-9,11H2,1H3,(H,21,25). The van der Waals surface area contributed by atoms with Gasteiger partial charge in [-0.2, -0.15) is 0 Å². The number of rotatable bonds is 3. The molecule has 3 aromatic rings. The zero-order valence-electron chi connectivity index (χ0n) is 14.2. The maximum absolute atomic E-state index is 12.8. The maximum Gasteiger partial charge on any atom is 0.326 e. The number of halogens is 1. The molecule has 1 amide bonds. The molecular formula is C19H18ClN3O3. The Kier molecular flexibility index (Phi) is 4.20. The lowest BCUT2D eigenvalue weighted by atomic mass is 10.2. The summed E-state index contributed by atoms with van der Waals surface area (Å²) in [5.74, 6) is 0.568. The Labute approximate surface area is 154 Å². The van der Waals surface area contributed by atoms with Crippen LogP contribution in [0.4, 0.5) is 0 Å². The molecule has 134 valence electrons. The molecule has 2 heterocycles. The lowest BCUT2D eigenvalue weighted by Crippen LogP contribution is -2.30. The zero-order chi connectivity index (χ0) is 18.3. The molecule has 1 atom stereocenters. The molecular weight excluding hydrogens is 354 g/mol. The van der Waals surface area contributed by atoms with Crippen molar-refractivity contribution in [3.8, 4) is 5.75 Å². The first-order valence-corrected chi connectivity index (χ1v) is 8.80. The Morgan fingerprint density at radius 3 is 2.88 bits per heavy atom. The summed E-state index contributed by atoms with van der Waals surface area (Å²) in [5, 5.41) is 0.566. The smallest absolute Gasteiger partial charge is 0.326 e. The Hall–Kier alpha value is -2.73. The molecule has 26 heavy (non-hydrogen) atoms. The van der Waals surface area contributed by atoms with Gasteiger partial charge in [-0.25, -0.2) is 4.79 Å². The lowest BCUT2D eigenvalue weighted by Gasteiger charge is -2.18. The van der Waals surface area contributed by atoms with Gasteiger partial charge in [0.25, 0.3) is 5.91 Å². The molecule has 2 aromatic carbocycles. The summed E-state index contributed by atoms with van der Waals surface area (Å²) in [6.45, 7) is 1.13. The fourth-order valence-electron chi connectivity index (χ4n) is 3.28. The molecule has 4 rings (SSSR count). The van der Waals surface area contributed by atoms with E-state index in [2.05, 4.69) is 4.98 Å². The third-order valence-corrected chi connectivity index (χ3v) is 5.03.